The molecule has 1 nitrogen and oxygen atoms in total. The van der Waals surface area contributed by atoms with Crippen molar-refractivity contribution in [2.45, 2.75) is 6.42 Å². The third-order valence-electron chi connectivity index (χ3n) is 0.530. The van der Waals surface area contributed by atoms with E-state index in [9.17, 15) is 0 Å². The lowest BCUT2D eigenvalue weighted by Crippen LogP contribution is -2.12. The first kappa shape index (κ1) is 5.83. The Morgan fingerprint density at radius 2 is 2.33 bits per heavy atom. The maximum absolute atomic E-state index is 3.63. The number of hydrogen-bond donors (Lipinski definition) is 1. The molecule has 0 bridgehead atoms. The van der Waals surface area contributed by atoms with Gasteiger partial charge < -0.3 is 5.32 Å². The first-order valence-corrected chi connectivity index (χ1v) is 2.21. The molecule has 35 valence electrons. The van der Waals surface area contributed by atoms with Crippen LogP contribution in [0.4, 0.5) is 0 Å². The predicted octanol–water partition coefficient (Wildman–Crippen LogP) is 0.634. The fourth-order valence-electron chi connectivity index (χ4n) is 0.250. The van der Waals surface area contributed by atoms with Crippen molar-refractivity contribution in [3.05, 3.63) is 13.8 Å². The summed E-state index contributed by atoms with van der Waals surface area (Å²) in [5, 5.41) is 3.02. The molecule has 0 amide bonds. The van der Waals surface area contributed by atoms with Crippen molar-refractivity contribution in [2.75, 3.05) is 13.1 Å². The molecule has 0 aromatic carbocycles. The van der Waals surface area contributed by atoms with Crippen molar-refractivity contribution < 1.29 is 0 Å². The molecule has 0 spiro atoms. The smallest absolute Gasteiger partial charge is 0.0974 e. The summed E-state index contributed by atoms with van der Waals surface area (Å²) in [6, 6.07) is 0. The third kappa shape index (κ3) is 3.83. The Morgan fingerprint density at radius 1 is 1.67 bits per heavy atom. The Labute approximate surface area is 39.7 Å². The highest BCUT2D eigenvalue weighted by molar-refractivity contribution is 4.47. The molecule has 0 aromatic heterocycles. The number of nitrogens with one attached hydrogen (secondary N) is 1. The van der Waals surface area contributed by atoms with Gasteiger partial charge in [0, 0.05) is 6.54 Å². The highest BCUT2D eigenvalue weighted by atomic mass is 14.8. The Kier molecular flexibility index (Phi) is 4.69. The van der Waals surface area contributed by atoms with Crippen LogP contribution in [0.15, 0.2) is 0 Å². The lowest BCUT2D eigenvalue weighted by molar-refractivity contribution is 0.754. The van der Waals surface area contributed by atoms with Crippen molar-refractivity contribution in [3.8, 4) is 0 Å². The van der Waals surface area contributed by atoms with Gasteiger partial charge >= 0.3 is 0 Å². The molecule has 0 aliphatic carbocycles. The van der Waals surface area contributed by atoms with Gasteiger partial charge in [-0.15, -0.1) is 0 Å². The summed E-state index contributed by atoms with van der Waals surface area (Å²) < 4.78 is 0. The van der Waals surface area contributed by atoms with Gasteiger partial charge in [-0.25, -0.2) is 0 Å². The highest BCUT2D eigenvalue weighted by Gasteiger charge is 1.77. The predicted molar refractivity (Wildman–Crippen MR) is 28.2 cm³/mol. The van der Waals surface area contributed by atoms with Gasteiger partial charge in [-0.3, -0.25) is 0 Å². The average molecular weight is 85.2 g/mol. The van der Waals surface area contributed by atoms with Crippen LogP contribution in [0, 0.1) is 13.8 Å². The summed E-state index contributed by atoms with van der Waals surface area (Å²) in [5.74, 6) is 0. The zero-order valence-electron chi connectivity index (χ0n) is 4.04. The summed E-state index contributed by atoms with van der Waals surface area (Å²) in [6.07, 6.45) is 0.954. The zero-order valence-corrected chi connectivity index (χ0v) is 4.04. The van der Waals surface area contributed by atoms with E-state index in [4.69, 9.17) is 0 Å². The fourth-order valence-corrected chi connectivity index (χ4v) is 0.250. The van der Waals surface area contributed by atoms with Gasteiger partial charge in [0.1, 0.15) is 0 Å². The van der Waals surface area contributed by atoms with Crippen LogP contribution in [-0.4, -0.2) is 13.1 Å². The van der Waals surface area contributed by atoms with Crippen molar-refractivity contribution in [1.29, 1.82) is 0 Å². The molecule has 6 heavy (non-hydrogen) atoms. The quantitative estimate of drug-likeness (QED) is 0.391. The second kappa shape index (κ2) is 4.83. The maximum atomic E-state index is 3.63. The van der Waals surface area contributed by atoms with Gasteiger partial charge in [-0.05, 0) is 13.5 Å². The monoisotopic (exact) mass is 85.1 g/mol. The maximum Gasteiger partial charge on any atom is 0.0974 e. The van der Waals surface area contributed by atoms with Gasteiger partial charge in [0.25, 0.3) is 0 Å². The lowest BCUT2D eigenvalue weighted by atomic mass is 10.5. The van der Waals surface area contributed by atoms with Crippen LogP contribution in [0.25, 0.3) is 0 Å². The molecule has 0 atom stereocenters. The molecular formula is C5H11N+. The molecule has 1 N–H and O–H groups in total. The molecule has 0 fully saturated rings. The van der Waals surface area contributed by atoms with E-state index in [-0.39, 0.29) is 0 Å². The van der Waals surface area contributed by atoms with Crippen LogP contribution in [-0.2, 0) is 0 Å². The molecule has 0 unspecified atom stereocenters. The normalized spacial score (nSPS) is 8.83. The van der Waals surface area contributed by atoms with E-state index >= 15 is 0 Å². The summed E-state index contributed by atoms with van der Waals surface area (Å²) >= 11 is 0. The summed E-state index contributed by atoms with van der Waals surface area (Å²) in [6.45, 7) is 9.02. The fraction of sp³-hybridized carbons (Fsp3) is 0.600. The van der Waals surface area contributed by atoms with Crippen LogP contribution in [0.5, 0.6) is 0 Å². The van der Waals surface area contributed by atoms with E-state index in [0.717, 1.165) is 19.5 Å². The molecule has 0 rings (SSSR count). The Bertz CT molecular complexity index is 15.9. The minimum atomic E-state index is 0.815. The molecule has 1 heteroatoms. The van der Waals surface area contributed by atoms with Crippen molar-refractivity contribution in [2.24, 2.45) is 0 Å². The van der Waals surface area contributed by atoms with Crippen LogP contribution in [0.3, 0.4) is 0 Å². The van der Waals surface area contributed by atoms with Crippen LogP contribution < -0.4 is 5.32 Å². The zero-order chi connectivity index (χ0) is 4.83. The van der Waals surface area contributed by atoms with Gasteiger partial charge in [-0.1, -0.05) is 0 Å². The molecule has 1 radical (unpaired) electrons. The summed E-state index contributed by atoms with van der Waals surface area (Å²) in [4.78, 5) is 0. The van der Waals surface area contributed by atoms with Gasteiger partial charge in [-0.2, -0.15) is 0 Å². The van der Waals surface area contributed by atoms with E-state index in [1.54, 1.807) is 0 Å². The standard InChI is InChI=1S/C5H11N/c1-3-5-6-4-2/h6H,1-5H2/q+1. The average Bonchev–Trinajstić information content (AvgIpc) is 1.61. The van der Waals surface area contributed by atoms with E-state index in [1.807, 2.05) is 0 Å². The lowest BCUT2D eigenvalue weighted by Gasteiger charge is -1.88. The van der Waals surface area contributed by atoms with Crippen LogP contribution in [0.2, 0.25) is 0 Å². The molecule has 0 aromatic rings. The van der Waals surface area contributed by atoms with Crippen LogP contribution in [0.1, 0.15) is 6.42 Å². The van der Waals surface area contributed by atoms with E-state index in [0.29, 0.717) is 0 Å². The van der Waals surface area contributed by atoms with Crippen molar-refractivity contribution in [1.82, 2.24) is 5.32 Å². The van der Waals surface area contributed by atoms with Gasteiger partial charge in [0.15, 0.2) is 0 Å². The number of hydrogen-bond acceptors (Lipinski definition) is 1. The Morgan fingerprint density at radius 3 is 2.50 bits per heavy atom. The molecular weight excluding hydrogens is 74.1 g/mol. The minimum Gasteiger partial charge on any atom is -0.313 e. The van der Waals surface area contributed by atoms with E-state index < -0.39 is 0 Å². The third-order valence-corrected chi connectivity index (χ3v) is 0.530. The largest absolute Gasteiger partial charge is 0.313 e. The molecule has 0 aliphatic rings. The molecule has 0 saturated heterocycles. The SMILES string of the molecule is [CH2]CNCC[CH2+]. The van der Waals surface area contributed by atoms with Gasteiger partial charge in [0.2, 0.25) is 0 Å². The second-order valence-electron chi connectivity index (χ2n) is 1.10. The van der Waals surface area contributed by atoms with E-state index in [2.05, 4.69) is 19.2 Å². The molecule has 0 aliphatic heterocycles. The van der Waals surface area contributed by atoms with Gasteiger partial charge in [0.05, 0.1) is 13.3 Å². The first-order valence-electron chi connectivity index (χ1n) is 2.21. The van der Waals surface area contributed by atoms with E-state index in [1.165, 1.54) is 0 Å². The first-order chi connectivity index (χ1) is 2.91. The minimum absolute atomic E-state index is 0.815. The van der Waals surface area contributed by atoms with Crippen molar-refractivity contribution in [3.63, 3.8) is 0 Å². The summed E-state index contributed by atoms with van der Waals surface area (Å²) in [7, 11) is 0. The second-order valence-corrected chi connectivity index (χ2v) is 1.10. The molecule has 0 saturated carbocycles. The van der Waals surface area contributed by atoms with Crippen LogP contribution >= 0.6 is 0 Å². The summed E-state index contributed by atoms with van der Waals surface area (Å²) in [5.41, 5.74) is 0. The van der Waals surface area contributed by atoms with Crippen molar-refractivity contribution >= 4 is 0 Å². The number of rotatable bonds is 3. The Hall–Kier alpha value is -0.170. The highest BCUT2D eigenvalue weighted by Crippen LogP contribution is 1.64. The topological polar surface area (TPSA) is 12.0 Å². The Balaban J connectivity index is 2.34. The molecule has 0 heterocycles.